The highest BCUT2D eigenvalue weighted by Crippen LogP contribution is 2.10. The largest absolute Gasteiger partial charge is 0.480 e. The molecule has 0 saturated heterocycles. The molecule has 0 unspecified atom stereocenters. The quantitative estimate of drug-likeness (QED) is 0.329. The maximum Gasteiger partial charge on any atom is 0.324 e. The van der Waals surface area contributed by atoms with Crippen LogP contribution in [0.5, 0.6) is 0 Å². The highest BCUT2D eigenvalue weighted by atomic mass is 32.2. The fraction of sp³-hybridized carbons (Fsp3) is 0.750. The number of hydrogen-bond acceptors (Lipinski definition) is 4. The molecular formula is C8H17N3O2S. The molecule has 1 atom stereocenters. The van der Waals surface area contributed by atoms with Crippen molar-refractivity contribution in [3.63, 3.8) is 0 Å². The van der Waals surface area contributed by atoms with Gasteiger partial charge in [-0.05, 0) is 13.8 Å². The first-order valence-electron chi connectivity index (χ1n) is 4.23. The number of hydrogen-bond donors (Lipinski definition) is 3. The average Bonchev–Trinajstić information content (AvgIpc) is 2.02. The molecule has 0 fully saturated rings. The summed E-state index contributed by atoms with van der Waals surface area (Å²) >= 11 is 1.46. The van der Waals surface area contributed by atoms with Gasteiger partial charge in [-0.1, -0.05) is 0 Å². The smallest absolute Gasteiger partial charge is 0.324 e. The van der Waals surface area contributed by atoms with Crippen molar-refractivity contribution >= 4 is 23.6 Å². The Kier molecular flexibility index (Phi) is 5.56. The number of aliphatic imine (C=N–C) groups is 1. The molecule has 5 N–H and O–H groups in total. The molecular weight excluding hydrogens is 202 g/mol. The van der Waals surface area contributed by atoms with E-state index in [1.54, 1.807) is 6.92 Å². The zero-order valence-corrected chi connectivity index (χ0v) is 9.30. The van der Waals surface area contributed by atoms with Crippen LogP contribution in [0.1, 0.15) is 13.8 Å². The highest BCUT2D eigenvalue weighted by molar-refractivity contribution is 7.99. The first kappa shape index (κ1) is 13.2. The van der Waals surface area contributed by atoms with E-state index in [4.69, 9.17) is 16.6 Å². The summed E-state index contributed by atoms with van der Waals surface area (Å²) in [7, 11) is 0. The van der Waals surface area contributed by atoms with Crippen molar-refractivity contribution in [1.82, 2.24) is 0 Å². The number of rotatable bonds is 6. The van der Waals surface area contributed by atoms with Crippen LogP contribution in [-0.2, 0) is 4.79 Å². The van der Waals surface area contributed by atoms with Gasteiger partial charge in [-0.3, -0.25) is 9.79 Å². The van der Waals surface area contributed by atoms with Crippen molar-refractivity contribution < 1.29 is 9.90 Å². The summed E-state index contributed by atoms with van der Waals surface area (Å²) in [5.41, 5.74) is 9.69. The molecule has 0 aromatic carbocycles. The predicted octanol–water partition coefficient (Wildman–Crippen LogP) is -0.101. The van der Waals surface area contributed by atoms with Gasteiger partial charge in [-0.2, -0.15) is 11.8 Å². The third kappa shape index (κ3) is 5.82. The first-order valence-corrected chi connectivity index (χ1v) is 5.38. The maximum atomic E-state index is 10.6. The van der Waals surface area contributed by atoms with Crippen LogP contribution in [0.2, 0.25) is 0 Å². The number of carboxylic acid groups (broad SMARTS) is 1. The fourth-order valence-electron chi connectivity index (χ4n) is 0.632. The van der Waals surface area contributed by atoms with Gasteiger partial charge >= 0.3 is 5.97 Å². The van der Waals surface area contributed by atoms with E-state index in [1.807, 2.05) is 0 Å². The SMILES string of the molecule is CC(N)=NCCSC[C@@](C)(N)C(=O)O. The lowest BCUT2D eigenvalue weighted by Gasteiger charge is -2.17. The van der Waals surface area contributed by atoms with Crippen LogP contribution in [0, 0.1) is 0 Å². The Bertz CT molecular complexity index is 225. The van der Waals surface area contributed by atoms with Crippen molar-refractivity contribution in [3.8, 4) is 0 Å². The molecule has 0 bridgehead atoms. The molecule has 5 nitrogen and oxygen atoms in total. The number of aliphatic carboxylic acids is 1. The second kappa shape index (κ2) is 5.87. The average molecular weight is 219 g/mol. The Hall–Kier alpha value is -0.750. The molecule has 82 valence electrons. The topological polar surface area (TPSA) is 102 Å². The number of amidine groups is 1. The Morgan fingerprint density at radius 2 is 2.21 bits per heavy atom. The molecule has 0 aliphatic carbocycles. The molecule has 0 spiro atoms. The zero-order chi connectivity index (χ0) is 11.2. The minimum absolute atomic E-state index is 0.376. The molecule has 0 saturated carbocycles. The predicted molar refractivity (Wildman–Crippen MR) is 59.7 cm³/mol. The van der Waals surface area contributed by atoms with Crippen molar-refractivity contribution in [2.75, 3.05) is 18.1 Å². The minimum atomic E-state index is -1.16. The second-order valence-corrected chi connectivity index (χ2v) is 4.40. The van der Waals surface area contributed by atoms with Gasteiger partial charge < -0.3 is 16.6 Å². The van der Waals surface area contributed by atoms with Gasteiger partial charge in [0.1, 0.15) is 5.54 Å². The number of carboxylic acids is 1. The van der Waals surface area contributed by atoms with Crippen LogP contribution < -0.4 is 11.5 Å². The third-order valence-corrected chi connectivity index (χ3v) is 2.76. The first-order chi connectivity index (χ1) is 6.36. The summed E-state index contributed by atoms with van der Waals surface area (Å²) in [4.78, 5) is 14.6. The van der Waals surface area contributed by atoms with Crippen molar-refractivity contribution in [2.45, 2.75) is 19.4 Å². The molecule has 0 aliphatic heterocycles. The van der Waals surface area contributed by atoms with Gasteiger partial charge in [-0.15, -0.1) is 0 Å². The number of nitrogens with two attached hydrogens (primary N) is 2. The van der Waals surface area contributed by atoms with E-state index in [-0.39, 0.29) is 0 Å². The fourth-order valence-corrected chi connectivity index (χ4v) is 1.54. The summed E-state index contributed by atoms with van der Waals surface area (Å²) in [5.74, 6) is 0.665. The molecule has 0 heterocycles. The van der Waals surface area contributed by atoms with Crippen LogP contribution in [0.3, 0.4) is 0 Å². The van der Waals surface area contributed by atoms with Crippen molar-refractivity contribution in [2.24, 2.45) is 16.5 Å². The van der Waals surface area contributed by atoms with E-state index in [1.165, 1.54) is 18.7 Å². The number of nitrogens with zero attached hydrogens (tertiary/aromatic N) is 1. The van der Waals surface area contributed by atoms with Crippen molar-refractivity contribution in [3.05, 3.63) is 0 Å². The second-order valence-electron chi connectivity index (χ2n) is 3.30. The molecule has 0 rings (SSSR count). The van der Waals surface area contributed by atoms with Crippen LogP contribution in [0.25, 0.3) is 0 Å². The van der Waals surface area contributed by atoms with Gasteiger partial charge in [0.25, 0.3) is 0 Å². The van der Waals surface area contributed by atoms with Gasteiger partial charge in [0, 0.05) is 18.1 Å². The van der Waals surface area contributed by atoms with E-state index in [2.05, 4.69) is 4.99 Å². The summed E-state index contributed by atoms with van der Waals surface area (Å²) in [5, 5.41) is 8.70. The summed E-state index contributed by atoms with van der Waals surface area (Å²) in [6.07, 6.45) is 0. The van der Waals surface area contributed by atoms with Gasteiger partial charge in [-0.25, -0.2) is 0 Å². The zero-order valence-electron chi connectivity index (χ0n) is 8.49. The van der Waals surface area contributed by atoms with Crippen LogP contribution in [0.4, 0.5) is 0 Å². The van der Waals surface area contributed by atoms with E-state index in [9.17, 15) is 4.79 Å². The van der Waals surface area contributed by atoms with E-state index >= 15 is 0 Å². The lowest BCUT2D eigenvalue weighted by Crippen LogP contribution is -2.47. The molecule has 0 aromatic heterocycles. The van der Waals surface area contributed by atoms with Crippen LogP contribution in [-0.4, -0.2) is 40.5 Å². The molecule has 14 heavy (non-hydrogen) atoms. The Morgan fingerprint density at radius 1 is 1.64 bits per heavy atom. The number of carbonyl (C=O) groups is 1. The Balaban J connectivity index is 3.65. The monoisotopic (exact) mass is 219 g/mol. The van der Waals surface area contributed by atoms with E-state index < -0.39 is 11.5 Å². The molecule has 6 heteroatoms. The third-order valence-electron chi connectivity index (χ3n) is 1.49. The van der Waals surface area contributed by atoms with Gasteiger partial charge in [0.15, 0.2) is 0 Å². The summed E-state index contributed by atoms with van der Waals surface area (Å²) in [6, 6.07) is 0. The van der Waals surface area contributed by atoms with E-state index in [0.717, 1.165) is 5.75 Å². The van der Waals surface area contributed by atoms with Crippen LogP contribution >= 0.6 is 11.8 Å². The molecule has 0 aromatic rings. The lowest BCUT2D eigenvalue weighted by atomic mass is 10.1. The van der Waals surface area contributed by atoms with E-state index in [0.29, 0.717) is 18.1 Å². The Labute approximate surface area is 87.9 Å². The molecule has 0 aliphatic rings. The van der Waals surface area contributed by atoms with Crippen LogP contribution in [0.15, 0.2) is 4.99 Å². The Morgan fingerprint density at radius 3 is 2.64 bits per heavy atom. The minimum Gasteiger partial charge on any atom is -0.480 e. The maximum absolute atomic E-state index is 10.6. The highest BCUT2D eigenvalue weighted by Gasteiger charge is 2.27. The standard InChI is InChI=1S/C8H17N3O2S/c1-6(9)11-3-4-14-5-8(2,10)7(12)13/h3-5,10H2,1-2H3,(H2,9,11)(H,12,13)/t8-/m1/s1. The van der Waals surface area contributed by atoms with Gasteiger partial charge in [0.2, 0.25) is 0 Å². The summed E-state index contributed by atoms with van der Waals surface area (Å²) < 4.78 is 0. The summed E-state index contributed by atoms with van der Waals surface area (Å²) in [6.45, 7) is 3.82. The molecule has 0 amide bonds. The normalized spacial score (nSPS) is 16.4. The van der Waals surface area contributed by atoms with Crippen molar-refractivity contribution in [1.29, 1.82) is 0 Å². The lowest BCUT2D eigenvalue weighted by molar-refractivity contribution is -0.141. The van der Waals surface area contributed by atoms with Gasteiger partial charge in [0.05, 0.1) is 5.84 Å². The molecule has 0 radical (unpaired) electrons. The number of thioether (sulfide) groups is 1.